The summed E-state index contributed by atoms with van der Waals surface area (Å²) in [5.74, 6) is 0.796. The SMILES string of the molecule is O=C(C=CC(=O)c1ccccc1)NCC1CN(c2ccc(N3CCSCC3)c(F)c2)C(=O)O1. The average molecular weight is 470 g/mol. The van der Waals surface area contributed by atoms with Gasteiger partial charge in [0.2, 0.25) is 5.91 Å². The maximum Gasteiger partial charge on any atom is 0.414 e. The number of rotatable bonds is 7. The van der Waals surface area contributed by atoms with E-state index in [0.29, 0.717) is 16.9 Å². The van der Waals surface area contributed by atoms with Gasteiger partial charge in [-0.2, -0.15) is 11.8 Å². The third kappa shape index (κ3) is 5.73. The number of hydrogen-bond acceptors (Lipinski definition) is 6. The molecule has 1 atom stereocenters. The lowest BCUT2D eigenvalue weighted by atomic mass is 10.1. The van der Waals surface area contributed by atoms with E-state index in [-0.39, 0.29) is 24.7 Å². The first-order valence-corrected chi connectivity index (χ1v) is 11.8. The minimum Gasteiger partial charge on any atom is -0.442 e. The van der Waals surface area contributed by atoms with Crippen molar-refractivity contribution in [2.24, 2.45) is 0 Å². The zero-order valence-electron chi connectivity index (χ0n) is 17.9. The molecule has 2 aliphatic heterocycles. The Labute approximate surface area is 195 Å². The van der Waals surface area contributed by atoms with Gasteiger partial charge in [-0.25, -0.2) is 9.18 Å². The number of thioether (sulfide) groups is 1. The van der Waals surface area contributed by atoms with Gasteiger partial charge in [0.25, 0.3) is 0 Å². The number of allylic oxidation sites excluding steroid dienone is 1. The van der Waals surface area contributed by atoms with Gasteiger partial charge in [-0.05, 0) is 24.3 Å². The molecule has 1 N–H and O–H groups in total. The van der Waals surface area contributed by atoms with E-state index in [1.54, 1.807) is 42.5 Å². The minimum absolute atomic E-state index is 0.0803. The quantitative estimate of drug-likeness (QED) is 0.495. The van der Waals surface area contributed by atoms with Gasteiger partial charge in [0.15, 0.2) is 5.78 Å². The lowest BCUT2D eigenvalue weighted by Crippen LogP contribution is -2.34. The fraction of sp³-hybridized carbons (Fsp3) is 0.292. The Bertz CT molecular complexity index is 1060. The molecule has 0 spiro atoms. The average Bonchev–Trinajstić information content (AvgIpc) is 3.22. The number of benzene rings is 2. The summed E-state index contributed by atoms with van der Waals surface area (Å²) in [6.07, 6.45) is 1.17. The van der Waals surface area contributed by atoms with Crippen molar-refractivity contribution in [1.82, 2.24) is 5.32 Å². The largest absolute Gasteiger partial charge is 0.442 e. The topological polar surface area (TPSA) is 79.0 Å². The summed E-state index contributed by atoms with van der Waals surface area (Å²) in [4.78, 5) is 39.7. The van der Waals surface area contributed by atoms with Crippen LogP contribution in [0.15, 0.2) is 60.7 Å². The highest BCUT2D eigenvalue weighted by Gasteiger charge is 2.33. The van der Waals surface area contributed by atoms with Crippen molar-refractivity contribution in [2.75, 3.05) is 47.5 Å². The van der Waals surface area contributed by atoms with E-state index in [2.05, 4.69) is 5.32 Å². The van der Waals surface area contributed by atoms with Crippen LogP contribution < -0.4 is 15.1 Å². The van der Waals surface area contributed by atoms with E-state index in [1.807, 2.05) is 16.7 Å². The number of hydrogen-bond donors (Lipinski definition) is 1. The fourth-order valence-electron chi connectivity index (χ4n) is 3.69. The molecular formula is C24H24FN3O4S. The van der Waals surface area contributed by atoms with E-state index in [1.165, 1.54) is 17.0 Å². The second kappa shape index (κ2) is 10.5. The smallest absolute Gasteiger partial charge is 0.414 e. The van der Waals surface area contributed by atoms with Crippen LogP contribution in [-0.4, -0.2) is 61.6 Å². The lowest BCUT2D eigenvalue weighted by molar-refractivity contribution is -0.116. The van der Waals surface area contributed by atoms with Crippen LogP contribution in [0.5, 0.6) is 0 Å². The van der Waals surface area contributed by atoms with Gasteiger partial charge in [0.1, 0.15) is 11.9 Å². The van der Waals surface area contributed by atoms with Crippen LogP contribution in [0.1, 0.15) is 10.4 Å². The predicted molar refractivity (Wildman–Crippen MR) is 126 cm³/mol. The van der Waals surface area contributed by atoms with Crippen LogP contribution in [0.4, 0.5) is 20.6 Å². The Kier molecular flexibility index (Phi) is 7.29. The van der Waals surface area contributed by atoms with Crippen molar-refractivity contribution in [1.29, 1.82) is 0 Å². The monoisotopic (exact) mass is 469 g/mol. The highest BCUT2D eigenvalue weighted by Crippen LogP contribution is 2.29. The number of ether oxygens (including phenoxy) is 1. The van der Waals surface area contributed by atoms with Crippen LogP contribution in [0.3, 0.4) is 0 Å². The third-order valence-electron chi connectivity index (χ3n) is 5.42. The number of halogens is 1. The van der Waals surface area contributed by atoms with E-state index in [0.717, 1.165) is 30.7 Å². The summed E-state index contributed by atoms with van der Waals surface area (Å²) < 4.78 is 20.0. The van der Waals surface area contributed by atoms with Crippen LogP contribution in [0.25, 0.3) is 0 Å². The van der Waals surface area contributed by atoms with Gasteiger partial charge >= 0.3 is 6.09 Å². The lowest BCUT2D eigenvalue weighted by Gasteiger charge is -2.29. The number of carbonyl (C=O) groups is 3. The first-order valence-electron chi connectivity index (χ1n) is 10.7. The van der Waals surface area contributed by atoms with Gasteiger partial charge in [0.05, 0.1) is 24.5 Å². The highest BCUT2D eigenvalue weighted by molar-refractivity contribution is 7.99. The maximum atomic E-state index is 14.7. The molecule has 2 aromatic rings. The Morgan fingerprint density at radius 2 is 1.88 bits per heavy atom. The molecule has 2 aromatic carbocycles. The van der Waals surface area contributed by atoms with E-state index < -0.39 is 18.1 Å². The zero-order chi connectivity index (χ0) is 23.2. The predicted octanol–water partition coefficient (Wildman–Crippen LogP) is 3.26. The number of nitrogens with zero attached hydrogens (tertiary/aromatic N) is 2. The van der Waals surface area contributed by atoms with Crippen molar-refractivity contribution in [3.05, 3.63) is 72.1 Å². The van der Waals surface area contributed by atoms with Gasteiger partial charge in [-0.3, -0.25) is 14.5 Å². The van der Waals surface area contributed by atoms with Gasteiger partial charge in [0, 0.05) is 36.2 Å². The van der Waals surface area contributed by atoms with Crippen molar-refractivity contribution < 1.29 is 23.5 Å². The van der Waals surface area contributed by atoms with E-state index >= 15 is 0 Å². The summed E-state index contributed by atoms with van der Waals surface area (Å²) in [5, 5.41) is 2.62. The van der Waals surface area contributed by atoms with Crippen molar-refractivity contribution in [3.8, 4) is 0 Å². The molecule has 9 heteroatoms. The molecule has 2 saturated heterocycles. The van der Waals surface area contributed by atoms with Crippen molar-refractivity contribution in [2.45, 2.75) is 6.10 Å². The first kappa shape index (κ1) is 22.8. The Morgan fingerprint density at radius 3 is 2.61 bits per heavy atom. The number of cyclic esters (lactones) is 1. The van der Waals surface area contributed by atoms with Crippen LogP contribution in [0.2, 0.25) is 0 Å². The number of amides is 2. The fourth-order valence-corrected chi connectivity index (χ4v) is 4.59. The summed E-state index contributed by atoms with van der Waals surface area (Å²) in [6, 6.07) is 13.4. The summed E-state index contributed by atoms with van der Waals surface area (Å²) in [5.41, 5.74) is 1.43. The molecule has 2 heterocycles. The molecule has 0 radical (unpaired) electrons. The van der Waals surface area contributed by atoms with Crippen molar-refractivity contribution in [3.63, 3.8) is 0 Å². The number of nitrogens with one attached hydrogen (secondary N) is 1. The normalized spacial score (nSPS) is 18.5. The molecule has 0 saturated carbocycles. The third-order valence-corrected chi connectivity index (χ3v) is 6.36. The summed E-state index contributed by atoms with van der Waals surface area (Å²) in [6.45, 7) is 1.85. The molecule has 33 heavy (non-hydrogen) atoms. The summed E-state index contributed by atoms with van der Waals surface area (Å²) >= 11 is 1.85. The molecular weight excluding hydrogens is 445 g/mol. The van der Waals surface area contributed by atoms with Gasteiger partial charge in [-0.1, -0.05) is 30.3 Å². The molecule has 0 aromatic heterocycles. The van der Waals surface area contributed by atoms with Crippen LogP contribution in [-0.2, 0) is 9.53 Å². The number of anilines is 2. The molecule has 2 aliphatic rings. The molecule has 2 amide bonds. The first-order chi connectivity index (χ1) is 16.0. The van der Waals surface area contributed by atoms with Crippen molar-refractivity contribution >= 4 is 40.9 Å². The molecule has 0 aliphatic carbocycles. The van der Waals surface area contributed by atoms with E-state index in [4.69, 9.17) is 4.74 Å². The van der Waals surface area contributed by atoms with E-state index in [9.17, 15) is 18.8 Å². The Hall–Kier alpha value is -3.33. The Balaban J connectivity index is 1.30. The zero-order valence-corrected chi connectivity index (χ0v) is 18.7. The molecule has 7 nitrogen and oxygen atoms in total. The molecule has 0 bridgehead atoms. The second-order valence-electron chi connectivity index (χ2n) is 7.66. The number of ketones is 1. The second-order valence-corrected chi connectivity index (χ2v) is 8.89. The molecule has 2 fully saturated rings. The van der Waals surface area contributed by atoms with Crippen LogP contribution >= 0.6 is 11.8 Å². The van der Waals surface area contributed by atoms with Gasteiger partial charge < -0.3 is 15.0 Å². The molecule has 1 unspecified atom stereocenters. The Morgan fingerprint density at radius 1 is 1.12 bits per heavy atom. The number of carbonyl (C=O) groups excluding carboxylic acids is 3. The summed E-state index contributed by atoms with van der Waals surface area (Å²) in [7, 11) is 0. The van der Waals surface area contributed by atoms with Gasteiger partial charge in [-0.15, -0.1) is 0 Å². The standard InChI is InChI=1S/C24H24FN3O4S/c25-20-14-18(6-7-21(20)27-10-12-33-13-11-27)28-16-19(32-24(28)31)15-26-23(30)9-8-22(29)17-4-2-1-3-5-17/h1-9,14,19H,10-13,15-16H2,(H,26,30). The maximum absolute atomic E-state index is 14.7. The minimum atomic E-state index is -0.592. The molecule has 172 valence electrons. The van der Waals surface area contributed by atoms with Crippen LogP contribution in [0, 0.1) is 5.82 Å². The highest BCUT2D eigenvalue weighted by atomic mass is 32.2. The molecule has 4 rings (SSSR count).